The van der Waals surface area contributed by atoms with Crippen LogP contribution >= 0.6 is 45.2 Å². The first-order chi connectivity index (χ1) is 29.1. The van der Waals surface area contributed by atoms with E-state index in [1.807, 2.05) is 112 Å². The van der Waals surface area contributed by atoms with Gasteiger partial charge in [0.2, 0.25) is 5.91 Å². The summed E-state index contributed by atoms with van der Waals surface area (Å²) in [5.41, 5.74) is 5.71. The van der Waals surface area contributed by atoms with Crippen molar-refractivity contribution in [3.05, 3.63) is 111 Å². The molecular formula is C45H41I2N5O8. The molecule has 0 saturated heterocycles. The number of carbonyl (C=O) groups excluding carboxylic acids is 2. The molecule has 2 aliphatic carbocycles. The third-order valence-corrected chi connectivity index (χ3v) is 11.2. The number of nitrogens with one attached hydrogen (secondary N) is 1. The van der Waals surface area contributed by atoms with E-state index < -0.39 is 0 Å². The van der Waals surface area contributed by atoms with Crippen LogP contribution in [0.15, 0.2) is 109 Å². The van der Waals surface area contributed by atoms with Crippen molar-refractivity contribution in [2.45, 2.75) is 13.8 Å². The molecule has 0 bridgehead atoms. The Balaban J connectivity index is 0.000000183. The Morgan fingerprint density at radius 2 is 1.30 bits per heavy atom. The number of anilines is 2. The molecule has 308 valence electrons. The van der Waals surface area contributed by atoms with E-state index in [0.717, 1.165) is 35.4 Å². The fourth-order valence-corrected chi connectivity index (χ4v) is 7.33. The number of fused-ring (bicyclic) bond motifs is 8. The number of hydrogen-bond acceptors (Lipinski definition) is 12. The Kier molecular flexibility index (Phi) is 13.6. The number of likely N-dealkylation sites (N-methyl/N-ethyl adjacent to an activating group) is 1. The van der Waals surface area contributed by atoms with Gasteiger partial charge in [-0.15, -0.1) is 0 Å². The number of aromatic nitrogens is 2. The Morgan fingerprint density at radius 1 is 0.700 bits per heavy atom. The van der Waals surface area contributed by atoms with Crippen LogP contribution in [-0.4, -0.2) is 77.1 Å². The lowest BCUT2D eigenvalue weighted by Gasteiger charge is -2.21. The van der Waals surface area contributed by atoms with E-state index >= 15 is 0 Å². The monoisotopic (exact) mass is 1030 g/mol. The lowest BCUT2D eigenvalue weighted by atomic mass is 10.0. The average molecular weight is 1030 g/mol. The summed E-state index contributed by atoms with van der Waals surface area (Å²) in [5, 5.41) is 5.43. The zero-order valence-electron chi connectivity index (χ0n) is 33.1. The maximum Gasteiger partial charge on any atom is 0.315 e. The second-order valence-corrected chi connectivity index (χ2v) is 15.2. The quantitative estimate of drug-likeness (QED) is 0.0296. The molecule has 0 radical (unpaired) electrons. The number of hydrogen-bond donors (Lipinski definition) is 1. The molecule has 0 spiro atoms. The van der Waals surface area contributed by atoms with Gasteiger partial charge in [0.1, 0.15) is 41.4 Å². The number of halogens is 2. The van der Waals surface area contributed by atoms with E-state index in [2.05, 4.69) is 24.1 Å². The third-order valence-electron chi connectivity index (χ3n) is 9.92. The molecule has 0 saturated carbocycles. The normalized spacial score (nSPS) is 11.2. The van der Waals surface area contributed by atoms with E-state index in [4.69, 9.17) is 28.3 Å². The number of rotatable bonds is 13. The Labute approximate surface area is 372 Å². The summed E-state index contributed by atoms with van der Waals surface area (Å²) in [4.78, 5) is 61.4. The van der Waals surface area contributed by atoms with Gasteiger partial charge in [-0.1, -0.05) is 69.4 Å². The first-order valence-corrected chi connectivity index (χ1v) is 22.4. The molecule has 0 atom stereocenters. The predicted octanol–water partition coefficient (Wildman–Crippen LogP) is 8.08. The summed E-state index contributed by atoms with van der Waals surface area (Å²) < 4.78 is 23.8. The maximum atomic E-state index is 12.7. The molecule has 1 amide bonds. The van der Waals surface area contributed by atoms with Crippen LogP contribution in [-0.2, 0) is 14.3 Å². The van der Waals surface area contributed by atoms with Crippen molar-refractivity contribution in [2.24, 2.45) is 0 Å². The molecular weight excluding hydrogens is 992 g/mol. The molecule has 0 fully saturated rings. The van der Waals surface area contributed by atoms with Gasteiger partial charge in [-0.05, 0) is 56.3 Å². The fourth-order valence-electron chi connectivity index (χ4n) is 6.84. The first kappa shape index (κ1) is 42.6. The second-order valence-electron chi connectivity index (χ2n) is 13.7. The molecule has 0 aromatic heterocycles. The number of carbonyl (C=O) groups is 2. The second kappa shape index (κ2) is 19.2. The van der Waals surface area contributed by atoms with E-state index in [1.54, 1.807) is 24.3 Å². The van der Waals surface area contributed by atoms with E-state index in [-0.39, 0.29) is 22.7 Å². The summed E-state index contributed by atoms with van der Waals surface area (Å²) in [6.45, 7) is 7.62. The minimum atomic E-state index is -0.223. The first-order valence-electron chi connectivity index (χ1n) is 19.3. The van der Waals surface area contributed by atoms with Crippen LogP contribution in [0.4, 0.5) is 11.4 Å². The zero-order chi connectivity index (χ0) is 42.3. The lowest BCUT2D eigenvalue weighted by Crippen LogP contribution is -2.28. The van der Waals surface area contributed by atoms with Crippen LogP contribution in [0.3, 0.4) is 0 Å². The van der Waals surface area contributed by atoms with Crippen molar-refractivity contribution >= 4 is 112 Å². The highest BCUT2D eigenvalue weighted by molar-refractivity contribution is 14.1. The van der Waals surface area contributed by atoms with Crippen molar-refractivity contribution in [1.82, 2.24) is 15.3 Å². The lowest BCUT2D eigenvalue weighted by molar-refractivity contribution is -0.139. The van der Waals surface area contributed by atoms with Crippen LogP contribution in [0, 0.1) is 0 Å². The van der Waals surface area contributed by atoms with Gasteiger partial charge < -0.3 is 33.4 Å². The van der Waals surface area contributed by atoms with Crippen LogP contribution < -0.4 is 30.7 Å². The number of benzene rings is 6. The van der Waals surface area contributed by atoms with E-state index in [0.29, 0.717) is 96.7 Å². The topological polar surface area (TPSA) is 157 Å². The van der Waals surface area contributed by atoms with Crippen molar-refractivity contribution < 1.29 is 27.9 Å². The molecule has 4 aromatic carbocycles. The van der Waals surface area contributed by atoms with Crippen molar-refractivity contribution in [2.75, 3.05) is 65.1 Å². The molecule has 60 heavy (non-hydrogen) atoms. The van der Waals surface area contributed by atoms with Gasteiger partial charge in [0.15, 0.2) is 33.5 Å². The summed E-state index contributed by atoms with van der Waals surface area (Å²) in [5.74, 6) is 1.26. The highest BCUT2D eigenvalue weighted by atomic mass is 127. The predicted molar refractivity (Wildman–Crippen MR) is 253 cm³/mol. The number of ether oxygens (including phenoxy) is 2. The highest BCUT2D eigenvalue weighted by Gasteiger charge is 2.19. The summed E-state index contributed by atoms with van der Waals surface area (Å²) in [6, 6.07) is 27.3. The van der Waals surface area contributed by atoms with Gasteiger partial charge in [0, 0.05) is 77.3 Å². The highest BCUT2D eigenvalue weighted by Crippen LogP contribution is 2.34. The van der Waals surface area contributed by atoms with Crippen LogP contribution in [0.2, 0.25) is 0 Å². The molecule has 2 heterocycles. The molecule has 13 nitrogen and oxygen atoms in total. The molecule has 2 aliphatic heterocycles. The smallest absolute Gasteiger partial charge is 0.315 e. The van der Waals surface area contributed by atoms with Crippen molar-refractivity contribution in [1.29, 1.82) is 0 Å². The van der Waals surface area contributed by atoms with Gasteiger partial charge in [-0.3, -0.25) is 19.2 Å². The largest absolute Gasteiger partial charge is 0.492 e. The molecule has 0 unspecified atom stereocenters. The van der Waals surface area contributed by atoms with Gasteiger partial charge >= 0.3 is 5.97 Å². The Hall–Kier alpha value is -5.56. The molecule has 4 aromatic rings. The average Bonchev–Trinajstić information content (AvgIpc) is 3.27. The van der Waals surface area contributed by atoms with Crippen molar-refractivity contribution in [3.8, 4) is 28.7 Å². The van der Waals surface area contributed by atoms with Crippen LogP contribution in [0.5, 0.6) is 5.75 Å². The minimum Gasteiger partial charge on any atom is -0.492 e. The maximum absolute atomic E-state index is 12.7. The van der Waals surface area contributed by atoms with E-state index in [9.17, 15) is 19.2 Å². The molecule has 8 rings (SSSR count). The summed E-state index contributed by atoms with van der Waals surface area (Å²) >= 11 is 3.99. The molecule has 1 N–H and O–H groups in total. The van der Waals surface area contributed by atoms with Gasteiger partial charge in [0.05, 0.1) is 21.9 Å². The Bertz CT molecular complexity index is 2900. The fraction of sp³-hybridized carbons (Fsp3) is 0.244. The van der Waals surface area contributed by atoms with Crippen LogP contribution in [0.25, 0.3) is 66.7 Å². The number of alkyl halides is 2. The van der Waals surface area contributed by atoms with Gasteiger partial charge in [-0.2, -0.15) is 0 Å². The minimum absolute atomic E-state index is 0.0310. The molecule has 4 aliphatic rings. The standard InChI is InChI=1S/C24H24IN3O4.C21H17IN2O4/c1-3-28(4-2)15-5-8-19-21(11-15)32-22-13-20(29)17-7-6-16(12-18(17)24(22)27-19)31-10-9-26-23(30)14-25;1-24(8-9-27-20(26)12-22)13-6-7-16-18(10-13)28-19-11-17(25)14-4-2-3-5-15(14)21(19)23-16/h5-8,11-13H,3-4,9-10,14H2,1-2H3,(H,26,30);2-7,10-11H,8-9,12H2,1H3. The van der Waals surface area contributed by atoms with Gasteiger partial charge in [0.25, 0.3) is 0 Å². The SMILES string of the molecule is CCN(CC)c1ccc2nc3c4cc(OCCNC(=O)CI)ccc4c(=O)cc-3oc2c1.CN(CCOC(=O)CI)c1ccc2nc3c4ccccc4c(=O)cc-3oc2c1. The summed E-state index contributed by atoms with van der Waals surface area (Å²) in [6.07, 6.45) is 0. The number of esters is 1. The third kappa shape index (κ3) is 9.41. The number of nitrogens with zero attached hydrogens (tertiary/aromatic N) is 4. The van der Waals surface area contributed by atoms with E-state index in [1.165, 1.54) is 12.1 Å². The Morgan fingerprint density at radius 3 is 1.93 bits per heavy atom. The summed E-state index contributed by atoms with van der Waals surface area (Å²) in [7, 11) is 1.91. The van der Waals surface area contributed by atoms with Gasteiger partial charge in [-0.25, -0.2) is 9.97 Å². The zero-order valence-corrected chi connectivity index (χ0v) is 37.4. The van der Waals surface area contributed by atoms with Crippen LogP contribution in [0.1, 0.15) is 13.8 Å². The molecule has 15 heteroatoms. The number of amides is 1. The van der Waals surface area contributed by atoms with Crippen molar-refractivity contribution in [3.63, 3.8) is 0 Å².